The van der Waals surface area contributed by atoms with Crippen molar-refractivity contribution in [2.24, 2.45) is 0 Å². The van der Waals surface area contributed by atoms with Gasteiger partial charge in [-0.2, -0.15) is 0 Å². The quantitative estimate of drug-likeness (QED) is 0.818. The third kappa shape index (κ3) is 3.33. The number of rotatable bonds is 3. The van der Waals surface area contributed by atoms with Gasteiger partial charge in [-0.1, -0.05) is 27.7 Å². The zero-order valence-electron chi connectivity index (χ0n) is 9.08. The molecule has 0 atom stereocenters. The summed E-state index contributed by atoms with van der Waals surface area (Å²) >= 11 is 2.30. The predicted molar refractivity (Wildman–Crippen MR) is 68.6 cm³/mol. The molecule has 0 unspecified atom stereocenters. The molecule has 6 nitrogen and oxygen atoms in total. The van der Waals surface area contributed by atoms with Gasteiger partial charge < -0.3 is 5.11 Å². The van der Waals surface area contributed by atoms with Gasteiger partial charge in [0.15, 0.2) is 5.13 Å². The third-order valence-electron chi connectivity index (χ3n) is 1.76. The molecular formula is C10H8N4O2S2. The van der Waals surface area contributed by atoms with Crippen molar-refractivity contribution in [1.82, 2.24) is 14.6 Å². The average Bonchev–Trinajstić information content (AvgIpc) is 3.00. The molecule has 0 bridgehead atoms. The fourth-order valence-corrected chi connectivity index (χ4v) is 2.12. The number of carbonyl (C=O) groups is 1. The lowest BCUT2D eigenvalue weighted by Gasteiger charge is -1.95. The Labute approximate surface area is 111 Å². The minimum absolute atomic E-state index is 0.0355. The second-order valence-electron chi connectivity index (χ2n) is 3.04. The Morgan fingerprint density at radius 1 is 1.50 bits per heavy atom. The monoisotopic (exact) mass is 280 g/mol. The smallest absolute Gasteiger partial charge is 0.270 e. The number of aliphatic hydroxyl groups is 1. The molecule has 2 rings (SSSR count). The SMILES string of the molecule is O=C(Nc1ncc(C#CCCO)s1)c1cnns1. The highest BCUT2D eigenvalue weighted by molar-refractivity contribution is 7.16. The van der Waals surface area contributed by atoms with E-state index in [-0.39, 0.29) is 12.5 Å². The number of amides is 1. The van der Waals surface area contributed by atoms with Crippen LogP contribution < -0.4 is 5.32 Å². The predicted octanol–water partition coefficient (Wildman–Crippen LogP) is 0.981. The van der Waals surface area contributed by atoms with E-state index in [0.29, 0.717) is 16.4 Å². The van der Waals surface area contributed by atoms with Crippen molar-refractivity contribution < 1.29 is 9.90 Å². The molecule has 92 valence electrons. The van der Waals surface area contributed by atoms with Gasteiger partial charge in [0.1, 0.15) is 4.88 Å². The highest BCUT2D eigenvalue weighted by Gasteiger charge is 2.10. The van der Waals surface area contributed by atoms with Gasteiger partial charge in [0.2, 0.25) is 0 Å². The molecule has 2 heterocycles. The van der Waals surface area contributed by atoms with Crippen LogP contribution in [0.5, 0.6) is 0 Å². The summed E-state index contributed by atoms with van der Waals surface area (Å²) in [7, 11) is 0. The van der Waals surface area contributed by atoms with E-state index in [1.165, 1.54) is 17.5 Å². The summed E-state index contributed by atoms with van der Waals surface area (Å²) in [6, 6.07) is 0. The molecule has 0 spiro atoms. The van der Waals surface area contributed by atoms with Gasteiger partial charge in [-0.15, -0.1) is 5.10 Å². The summed E-state index contributed by atoms with van der Waals surface area (Å²) in [5.74, 6) is 5.35. The normalized spacial score (nSPS) is 9.61. The number of hydrogen-bond acceptors (Lipinski definition) is 7. The average molecular weight is 280 g/mol. The zero-order valence-corrected chi connectivity index (χ0v) is 10.7. The van der Waals surface area contributed by atoms with Crippen LogP contribution in [0, 0.1) is 11.8 Å². The summed E-state index contributed by atoms with van der Waals surface area (Å²) in [6.07, 6.45) is 3.40. The summed E-state index contributed by atoms with van der Waals surface area (Å²) in [6.45, 7) is 0.0355. The first-order valence-corrected chi connectivity index (χ1v) is 6.53. The van der Waals surface area contributed by atoms with Crippen LogP contribution in [-0.2, 0) is 0 Å². The summed E-state index contributed by atoms with van der Waals surface area (Å²) in [5.41, 5.74) is 0. The molecule has 0 saturated heterocycles. The summed E-state index contributed by atoms with van der Waals surface area (Å²) in [5, 5.41) is 15.3. The molecule has 0 radical (unpaired) electrons. The van der Waals surface area contributed by atoms with E-state index in [1.807, 2.05) is 0 Å². The Morgan fingerprint density at radius 3 is 3.11 bits per heavy atom. The molecule has 0 saturated carbocycles. The lowest BCUT2D eigenvalue weighted by molar-refractivity contribution is 0.103. The first kappa shape index (κ1) is 12.6. The van der Waals surface area contributed by atoms with E-state index >= 15 is 0 Å². The Bertz CT molecular complexity index is 583. The molecule has 2 aromatic heterocycles. The van der Waals surface area contributed by atoms with Gasteiger partial charge in [0, 0.05) is 6.42 Å². The van der Waals surface area contributed by atoms with Gasteiger partial charge in [-0.25, -0.2) is 4.98 Å². The van der Waals surface area contributed by atoms with E-state index in [2.05, 4.69) is 31.7 Å². The molecule has 0 aliphatic carbocycles. The van der Waals surface area contributed by atoms with Gasteiger partial charge in [0.05, 0.1) is 23.9 Å². The van der Waals surface area contributed by atoms with Crippen LogP contribution in [0.1, 0.15) is 21.0 Å². The Kier molecular flexibility index (Phi) is 4.35. The van der Waals surface area contributed by atoms with E-state index in [0.717, 1.165) is 16.4 Å². The molecular weight excluding hydrogens is 272 g/mol. The minimum atomic E-state index is -0.283. The van der Waals surface area contributed by atoms with Crippen LogP contribution in [0.15, 0.2) is 12.4 Å². The van der Waals surface area contributed by atoms with Crippen LogP contribution in [0.2, 0.25) is 0 Å². The lowest BCUT2D eigenvalue weighted by atomic mass is 10.4. The van der Waals surface area contributed by atoms with E-state index < -0.39 is 0 Å². The van der Waals surface area contributed by atoms with Crippen molar-refractivity contribution in [2.45, 2.75) is 6.42 Å². The number of nitrogens with zero attached hydrogens (tertiary/aromatic N) is 3. The maximum Gasteiger partial charge on any atom is 0.270 e. The number of thiazole rings is 1. The fourth-order valence-electron chi connectivity index (χ4n) is 1.02. The van der Waals surface area contributed by atoms with Crippen LogP contribution >= 0.6 is 22.9 Å². The Balaban J connectivity index is 1.99. The largest absolute Gasteiger partial charge is 0.395 e. The zero-order chi connectivity index (χ0) is 12.8. The van der Waals surface area contributed by atoms with Gasteiger partial charge >= 0.3 is 0 Å². The molecule has 1 amide bonds. The van der Waals surface area contributed by atoms with Gasteiger partial charge in [0.25, 0.3) is 5.91 Å². The van der Waals surface area contributed by atoms with Crippen molar-refractivity contribution in [1.29, 1.82) is 0 Å². The van der Waals surface area contributed by atoms with Crippen LogP contribution in [0.4, 0.5) is 5.13 Å². The fraction of sp³-hybridized carbons (Fsp3) is 0.200. The van der Waals surface area contributed by atoms with Gasteiger partial charge in [-0.05, 0) is 11.5 Å². The Morgan fingerprint density at radius 2 is 2.39 bits per heavy atom. The maximum atomic E-state index is 11.7. The molecule has 18 heavy (non-hydrogen) atoms. The molecule has 2 N–H and O–H groups in total. The lowest BCUT2D eigenvalue weighted by Crippen LogP contribution is -2.09. The van der Waals surface area contributed by atoms with Crippen LogP contribution in [0.3, 0.4) is 0 Å². The number of anilines is 1. The van der Waals surface area contributed by atoms with Crippen molar-refractivity contribution in [2.75, 3.05) is 11.9 Å². The molecule has 2 aromatic rings. The molecule has 0 fully saturated rings. The highest BCUT2D eigenvalue weighted by Crippen LogP contribution is 2.18. The van der Waals surface area contributed by atoms with Crippen molar-refractivity contribution in [3.05, 3.63) is 22.1 Å². The van der Waals surface area contributed by atoms with Crippen LogP contribution in [-0.4, -0.2) is 32.2 Å². The summed E-state index contributed by atoms with van der Waals surface area (Å²) in [4.78, 5) is 16.9. The number of aromatic nitrogens is 3. The number of hydrogen-bond donors (Lipinski definition) is 2. The number of aliphatic hydroxyl groups excluding tert-OH is 1. The maximum absolute atomic E-state index is 11.7. The first-order valence-electron chi connectivity index (χ1n) is 4.94. The van der Waals surface area contributed by atoms with Crippen molar-refractivity contribution in [3.63, 3.8) is 0 Å². The number of nitrogens with one attached hydrogen (secondary N) is 1. The molecule has 0 aromatic carbocycles. The molecule has 0 aliphatic rings. The topological polar surface area (TPSA) is 88.0 Å². The minimum Gasteiger partial charge on any atom is -0.395 e. The Hall–Kier alpha value is -1.82. The first-order chi connectivity index (χ1) is 8.79. The summed E-state index contributed by atoms with van der Waals surface area (Å²) < 4.78 is 3.61. The second kappa shape index (κ2) is 6.20. The molecule has 8 heteroatoms. The third-order valence-corrected chi connectivity index (χ3v) is 3.25. The van der Waals surface area contributed by atoms with E-state index in [9.17, 15) is 4.79 Å². The van der Waals surface area contributed by atoms with Crippen LogP contribution in [0.25, 0.3) is 0 Å². The second-order valence-corrected chi connectivity index (χ2v) is 4.86. The van der Waals surface area contributed by atoms with Crippen molar-refractivity contribution in [3.8, 4) is 11.8 Å². The number of carbonyl (C=O) groups excluding carboxylic acids is 1. The van der Waals surface area contributed by atoms with E-state index in [1.54, 1.807) is 6.20 Å². The molecule has 0 aliphatic heterocycles. The highest BCUT2D eigenvalue weighted by atomic mass is 32.1. The van der Waals surface area contributed by atoms with Crippen molar-refractivity contribution >= 4 is 33.9 Å². The van der Waals surface area contributed by atoms with Gasteiger partial charge in [-0.3, -0.25) is 10.1 Å². The van der Waals surface area contributed by atoms with E-state index in [4.69, 9.17) is 5.11 Å². The standard InChI is InChI=1S/C10H8N4O2S2/c15-4-2-1-3-7-5-11-10(17-7)13-9(16)8-6-12-14-18-8/h5-6,15H,2,4H2,(H,11,13,16).